The molecule has 1 fully saturated rings. The lowest BCUT2D eigenvalue weighted by Gasteiger charge is -2.20. The molecule has 1 N–H and O–H groups in total. The smallest absolute Gasteiger partial charge is 0.306 e. The molecule has 1 aromatic heterocycles. The predicted molar refractivity (Wildman–Crippen MR) is 91.9 cm³/mol. The summed E-state index contributed by atoms with van der Waals surface area (Å²) in [6, 6.07) is 0. The Balaban J connectivity index is 1.87. The molecular formula is C17H26N2O3S. The van der Waals surface area contributed by atoms with E-state index < -0.39 is 0 Å². The average Bonchev–Trinajstić information content (AvgIpc) is 2.48. The molecule has 0 unspecified atom stereocenters. The van der Waals surface area contributed by atoms with Crippen molar-refractivity contribution in [2.24, 2.45) is 0 Å². The van der Waals surface area contributed by atoms with Crippen molar-refractivity contribution in [1.82, 2.24) is 9.97 Å². The van der Waals surface area contributed by atoms with E-state index in [0.29, 0.717) is 22.8 Å². The van der Waals surface area contributed by atoms with Gasteiger partial charge in [0.1, 0.15) is 6.10 Å². The number of carbonyl (C=O) groups is 1. The monoisotopic (exact) mass is 338 g/mol. The molecule has 2 rings (SSSR count). The lowest BCUT2D eigenvalue weighted by Crippen LogP contribution is -2.22. The van der Waals surface area contributed by atoms with E-state index in [1.165, 1.54) is 31.0 Å². The Kier molecular flexibility index (Phi) is 7.15. The Morgan fingerprint density at radius 3 is 2.52 bits per heavy atom. The van der Waals surface area contributed by atoms with Gasteiger partial charge in [0.05, 0.1) is 0 Å². The number of aromatic nitrogens is 2. The average molecular weight is 338 g/mol. The molecule has 0 spiro atoms. The minimum atomic E-state index is -0.205. The van der Waals surface area contributed by atoms with Crippen LogP contribution in [0.4, 0.5) is 0 Å². The van der Waals surface area contributed by atoms with Gasteiger partial charge in [0.2, 0.25) is 0 Å². The van der Waals surface area contributed by atoms with Crippen LogP contribution in [0.25, 0.3) is 0 Å². The molecule has 1 aromatic rings. The van der Waals surface area contributed by atoms with E-state index >= 15 is 0 Å². The van der Waals surface area contributed by atoms with E-state index in [1.54, 1.807) is 0 Å². The predicted octanol–water partition coefficient (Wildman–Crippen LogP) is 3.39. The molecule has 0 bridgehead atoms. The number of ether oxygens (including phenoxy) is 1. The third-order valence-corrected chi connectivity index (χ3v) is 4.90. The molecule has 0 aliphatic heterocycles. The summed E-state index contributed by atoms with van der Waals surface area (Å²) in [5.74, 6) is -0.205. The second kappa shape index (κ2) is 9.11. The van der Waals surface area contributed by atoms with Crippen LogP contribution in [0.1, 0.15) is 62.6 Å². The van der Waals surface area contributed by atoms with Gasteiger partial charge >= 0.3 is 5.97 Å². The topological polar surface area (TPSA) is 72.0 Å². The fourth-order valence-corrected chi connectivity index (χ4v) is 3.41. The highest BCUT2D eigenvalue weighted by Crippen LogP contribution is 2.20. The summed E-state index contributed by atoms with van der Waals surface area (Å²) in [5, 5.41) is 0.605. The van der Waals surface area contributed by atoms with Crippen molar-refractivity contribution >= 4 is 17.7 Å². The zero-order valence-corrected chi connectivity index (χ0v) is 14.8. The summed E-state index contributed by atoms with van der Waals surface area (Å²) in [6.45, 7) is 1.81. The molecule has 0 radical (unpaired) electrons. The van der Waals surface area contributed by atoms with Crippen LogP contribution < -0.4 is 5.56 Å². The summed E-state index contributed by atoms with van der Waals surface area (Å²) in [5.41, 5.74) is 1.12. The number of aromatic amines is 1. The number of H-pyrrole nitrogens is 1. The zero-order chi connectivity index (χ0) is 16.7. The fourth-order valence-electron chi connectivity index (χ4n) is 2.98. The Morgan fingerprint density at radius 2 is 1.91 bits per heavy atom. The molecule has 0 saturated heterocycles. The molecule has 5 nitrogen and oxygen atoms in total. The van der Waals surface area contributed by atoms with Crippen molar-refractivity contribution in [2.45, 2.75) is 76.0 Å². The summed E-state index contributed by atoms with van der Waals surface area (Å²) in [7, 11) is 0. The zero-order valence-electron chi connectivity index (χ0n) is 14.0. The van der Waals surface area contributed by atoms with Crippen LogP contribution in [0.15, 0.2) is 9.95 Å². The highest BCUT2D eigenvalue weighted by atomic mass is 32.2. The number of hydrogen-bond donors (Lipinski definition) is 1. The first-order valence-corrected chi connectivity index (χ1v) is 9.66. The number of carbonyl (C=O) groups excluding carboxylic acids is 1. The van der Waals surface area contributed by atoms with E-state index in [2.05, 4.69) is 9.97 Å². The fraction of sp³-hybridized carbons (Fsp3) is 0.706. The van der Waals surface area contributed by atoms with Gasteiger partial charge in [-0.1, -0.05) is 31.0 Å². The molecular weight excluding hydrogens is 312 g/mol. The van der Waals surface area contributed by atoms with Crippen molar-refractivity contribution < 1.29 is 9.53 Å². The molecule has 1 heterocycles. The van der Waals surface area contributed by atoms with Crippen LogP contribution >= 0.6 is 11.8 Å². The van der Waals surface area contributed by atoms with Gasteiger partial charge in [0, 0.05) is 17.7 Å². The van der Waals surface area contributed by atoms with E-state index in [-0.39, 0.29) is 24.1 Å². The van der Waals surface area contributed by atoms with E-state index in [4.69, 9.17) is 4.74 Å². The first kappa shape index (κ1) is 18.0. The molecule has 1 saturated carbocycles. The van der Waals surface area contributed by atoms with Gasteiger partial charge in [0.15, 0.2) is 5.16 Å². The first-order chi connectivity index (χ1) is 11.1. The van der Waals surface area contributed by atoms with E-state index in [0.717, 1.165) is 25.7 Å². The minimum Gasteiger partial charge on any atom is -0.462 e. The Labute approximate surface area is 141 Å². The van der Waals surface area contributed by atoms with Crippen molar-refractivity contribution in [3.8, 4) is 0 Å². The SMILES string of the molecule is CSc1nc(C)c(CCC(=O)OC2CCCCCCC2)c(=O)[nH]1. The quantitative estimate of drug-likeness (QED) is 0.506. The van der Waals surface area contributed by atoms with Gasteiger partial charge in [-0.05, 0) is 45.3 Å². The second-order valence-corrected chi connectivity index (χ2v) is 6.89. The summed E-state index contributed by atoms with van der Waals surface area (Å²) >= 11 is 1.40. The highest BCUT2D eigenvalue weighted by Gasteiger charge is 2.17. The maximum Gasteiger partial charge on any atom is 0.306 e. The van der Waals surface area contributed by atoms with Crippen LogP contribution in [0, 0.1) is 6.92 Å². The number of nitrogens with one attached hydrogen (secondary N) is 1. The van der Waals surface area contributed by atoms with Gasteiger partial charge in [-0.15, -0.1) is 0 Å². The standard InChI is InChI=1S/C17H26N2O3S/c1-12-14(16(21)19-17(18-12)23-2)10-11-15(20)22-13-8-6-4-3-5-7-9-13/h13H,3-11H2,1-2H3,(H,18,19,21). The van der Waals surface area contributed by atoms with Crippen molar-refractivity contribution in [3.63, 3.8) is 0 Å². The number of esters is 1. The molecule has 0 aromatic carbocycles. The van der Waals surface area contributed by atoms with Gasteiger partial charge in [0.25, 0.3) is 5.56 Å². The molecule has 128 valence electrons. The van der Waals surface area contributed by atoms with Gasteiger partial charge < -0.3 is 9.72 Å². The number of rotatable bonds is 5. The Morgan fingerprint density at radius 1 is 1.26 bits per heavy atom. The summed E-state index contributed by atoms with van der Waals surface area (Å²) < 4.78 is 5.60. The molecule has 0 atom stereocenters. The van der Waals surface area contributed by atoms with Gasteiger partial charge in [-0.3, -0.25) is 9.59 Å². The first-order valence-electron chi connectivity index (χ1n) is 8.43. The molecule has 0 amide bonds. The second-order valence-electron chi connectivity index (χ2n) is 6.10. The maximum atomic E-state index is 12.1. The van der Waals surface area contributed by atoms with Crippen LogP contribution in [-0.2, 0) is 16.0 Å². The maximum absolute atomic E-state index is 12.1. The summed E-state index contributed by atoms with van der Waals surface area (Å²) in [6.07, 6.45) is 10.5. The van der Waals surface area contributed by atoms with E-state index in [9.17, 15) is 9.59 Å². The molecule has 1 aliphatic carbocycles. The third-order valence-electron chi connectivity index (χ3n) is 4.32. The van der Waals surface area contributed by atoms with Crippen LogP contribution in [0.3, 0.4) is 0 Å². The summed E-state index contributed by atoms with van der Waals surface area (Å²) in [4.78, 5) is 31.2. The Hall–Kier alpha value is -1.30. The molecule has 6 heteroatoms. The lowest BCUT2D eigenvalue weighted by molar-refractivity contribution is -0.150. The van der Waals surface area contributed by atoms with Crippen LogP contribution in [0.2, 0.25) is 0 Å². The lowest BCUT2D eigenvalue weighted by atomic mass is 9.98. The molecule has 23 heavy (non-hydrogen) atoms. The highest BCUT2D eigenvalue weighted by molar-refractivity contribution is 7.98. The van der Waals surface area contributed by atoms with Crippen molar-refractivity contribution in [3.05, 3.63) is 21.6 Å². The number of thioether (sulfide) groups is 1. The number of nitrogens with zero attached hydrogens (tertiary/aromatic N) is 1. The minimum absolute atomic E-state index is 0.0548. The third kappa shape index (κ3) is 5.68. The van der Waals surface area contributed by atoms with Gasteiger partial charge in [-0.25, -0.2) is 4.98 Å². The van der Waals surface area contributed by atoms with Crippen molar-refractivity contribution in [2.75, 3.05) is 6.26 Å². The number of hydrogen-bond acceptors (Lipinski definition) is 5. The van der Waals surface area contributed by atoms with E-state index in [1.807, 2.05) is 13.2 Å². The van der Waals surface area contributed by atoms with Crippen LogP contribution in [0.5, 0.6) is 0 Å². The van der Waals surface area contributed by atoms with Crippen molar-refractivity contribution in [1.29, 1.82) is 0 Å². The molecule has 1 aliphatic rings. The van der Waals surface area contributed by atoms with Gasteiger partial charge in [-0.2, -0.15) is 0 Å². The normalized spacial score (nSPS) is 16.6. The Bertz CT molecular complexity index is 578. The number of aryl methyl sites for hydroxylation is 1. The largest absolute Gasteiger partial charge is 0.462 e. The van der Waals surface area contributed by atoms with Crippen LogP contribution in [-0.4, -0.2) is 28.3 Å².